The molecule has 2 amide bonds. The van der Waals surface area contributed by atoms with Gasteiger partial charge in [0.05, 0.1) is 10.4 Å². The second kappa shape index (κ2) is 5.36. The van der Waals surface area contributed by atoms with Gasteiger partial charge < -0.3 is 16.0 Å². The number of nitrogens with zero attached hydrogens (tertiary/aromatic N) is 1. The van der Waals surface area contributed by atoms with E-state index in [9.17, 15) is 9.59 Å². The van der Waals surface area contributed by atoms with E-state index in [1.54, 1.807) is 24.1 Å². The topological polar surface area (TPSA) is 75.4 Å². The van der Waals surface area contributed by atoms with Crippen LogP contribution >= 0.6 is 11.8 Å². The fourth-order valence-corrected chi connectivity index (χ4v) is 3.42. The average Bonchev–Trinajstić information content (AvgIpc) is 2.43. The number of nitrogens with one attached hydrogen (secondary N) is 1. The molecule has 1 unspecified atom stereocenters. The predicted octanol–water partition coefficient (Wildman–Crippen LogP) is 1.62. The summed E-state index contributed by atoms with van der Waals surface area (Å²) in [7, 11) is 1.56. The molecule has 5 nitrogen and oxygen atoms in total. The number of likely N-dealkylation sites (N-methyl/N-ethyl adjacent to an activating group) is 1. The molecular weight excluding hydrogens is 274 g/mol. The number of nitrogen functional groups attached to an aromatic ring is 1. The Kier molecular flexibility index (Phi) is 3.94. The average molecular weight is 293 g/mol. The molecule has 0 spiro atoms. The van der Waals surface area contributed by atoms with E-state index in [4.69, 9.17) is 5.73 Å². The molecule has 0 fully saturated rings. The first-order chi connectivity index (χ1) is 9.41. The summed E-state index contributed by atoms with van der Waals surface area (Å²) >= 11 is 1.52. The Balaban J connectivity index is 2.48. The number of thioether (sulfide) groups is 1. The van der Waals surface area contributed by atoms with Gasteiger partial charge in [-0.2, -0.15) is 0 Å². The van der Waals surface area contributed by atoms with Crippen molar-refractivity contribution >= 4 is 35.0 Å². The molecular formula is C14H19N3O2S. The summed E-state index contributed by atoms with van der Waals surface area (Å²) < 4.78 is -0.561. The van der Waals surface area contributed by atoms with E-state index in [1.165, 1.54) is 11.8 Å². The SMILES string of the molecule is CCC1(C)Sc2cc(N)ccc2N(CC(=O)NC)C1=O. The molecule has 3 N–H and O–H groups in total. The van der Waals surface area contributed by atoms with Crippen LogP contribution in [0, 0.1) is 0 Å². The zero-order valence-electron chi connectivity index (χ0n) is 11.9. The number of carbonyl (C=O) groups excluding carboxylic acids is 2. The van der Waals surface area contributed by atoms with Crippen molar-refractivity contribution in [3.8, 4) is 0 Å². The maximum Gasteiger partial charge on any atom is 0.243 e. The van der Waals surface area contributed by atoms with Gasteiger partial charge in [-0.1, -0.05) is 6.92 Å². The normalized spacial score (nSPS) is 21.6. The van der Waals surface area contributed by atoms with Crippen LogP contribution in [0.15, 0.2) is 23.1 Å². The number of nitrogens with two attached hydrogens (primary N) is 1. The van der Waals surface area contributed by atoms with Crippen molar-refractivity contribution in [2.24, 2.45) is 0 Å². The molecule has 1 aromatic carbocycles. The van der Waals surface area contributed by atoms with Gasteiger partial charge in [0.15, 0.2) is 0 Å². The number of hydrogen-bond donors (Lipinski definition) is 2. The van der Waals surface area contributed by atoms with E-state index < -0.39 is 4.75 Å². The van der Waals surface area contributed by atoms with Crippen LogP contribution in [0.4, 0.5) is 11.4 Å². The van der Waals surface area contributed by atoms with Crippen LogP contribution in [0.5, 0.6) is 0 Å². The summed E-state index contributed by atoms with van der Waals surface area (Å²) in [5.41, 5.74) is 7.23. The highest BCUT2D eigenvalue weighted by Gasteiger charge is 2.42. The van der Waals surface area contributed by atoms with Crippen LogP contribution in [-0.4, -0.2) is 30.2 Å². The Morgan fingerprint density at radius 3 is 2.80 bits per heavy atom. The number of benzene rings is 1. The molecule has 1 aromatic rings. The third kappa shape index (κ3) is 2.47. The zero-order valence-corrected chi connectivity index (χ0v) is 12.7. The maximum absolute atomic E-state index is 12.7. The monoisotopic (exact) mass is 293 g/mol. The summed E-state index contributed by atoms with van der Waals surface area (Å²) in [6, 6.07) is 5.41. The van der Waals surface area contributed by atoms with E-state index in [0.717, 1.165) is 10.6 Å². The van der Waals surface area contributed by atoms with Gasteiger partial charge >= 0.3 is 0 Å². The third-order valence-corrected chi connectivity index (χ3v) is 5.02. The molecule has 1 aliphatic heterocycles. The third-order valence-electron chi connectivity index (χ3n) is 3.56. The van der Waals surface area contributed by atoms with Crippen LogP contribution in [-0.2, 0) is 9.59 Å². The van der Waals surface area contributed by atoms with Crippen LogP contribution in [0.1, 0.15) is 20.3 Å². The highest BCUT2D eigenvalue weighted by Crippen LogP contribution is 2.47. The van der Waals surface area contributed by atoms with Crippen molar-refractivity contribution in [1.29, 1.82) is 0 Å². The Morgan fingerprint density at radius 1 is 1.50 bits per heavy atom. The lowest BCUT2D eigenvalue weighted by molar-refractivity contribution is -0.124. The lowest BCUT2D eigenvalue weighted by Gasteiger charge is -2.39. The highest BCUT2D eigenvalue weighted by atomic mass is 32.2. The van der Waals surface area contributed by atoms with E-state index in [-0.39, 0.29) is 18.4 Å². The second-order valence-electron chi connectivity index (χ2n) is 4.98. The molecule has 0 radical (unpaired) electrons. The highest BCUT2D eigenvalue weighted by molar-refractivity contribution is 8.01. The largest absolute Gasteiger partial charge is 0.399 e. The van der Waals surface area contributed by atoms with Gasteiger partial charge in [-0.15, -0.1) is 11.8 Å². The zero-order chi connectivity index (χ0) is 14.9. The molecule has 0 saturated carbocycles. The Morgan fingerprint density at radius 2 is 2.20 bits per heavy atom. The van der Waals surface area contributed by atoms with Crippen LogP contribution in [0.25, 0.3) is 0 Å². The molecule has 1 atom stereocenters. The summed E-state index contributed by atoms with van der Waals surface area (Å²) in [5.74, 6) is -0.225. The lowest BCUT2D eigenvalue weighted by atomic mass is 10.0. The molecule has 108 valence electrons. The summed E-state index contributed by atoms with van der Waals surface area (Å²) in [6.45, 7) is 3.91. The lowest BCUT2D eigenvalue weighted by Crippen LogP contribution is -2.51. The van der Waals surface area contributed by atoms with Gasteiger partial charge in [0, 0.05) is 17.6 Å². The molecule has 0 aromatic heterocycles. The fraction of sp³-hybridized carbons (Fsp3) is 0.429. The van der Waals surface area contributed by atoms with E-state index in [0.29, 0.717) is 12.1 Å². The number of anilines is 2. The smallest absolute Gasteiger partial charge is 0.243 e. The Bertz CT molecular complexity index is 561. The number of hydrogen-bond acceptors (Lipinski definition) is 4. The Labute approximate surface area is 122 Å². The minimum absolute atomic E-state index is 0.0302. The minimum atomic E-state index is -0.561. The second-order valence-corrected chi connectivity index (χ2v) is 6.52. The van der Waals surface area contributed by atoms with Gasteiger partial charge in [-0.05, 0) is 31.5 Å². The molecule has 20 heavy (non-hydrogen) atoms. The maximum atomic E-state index is 12.7. The van der Waals surface area contributed by atoms with Crippen molar-refractivity contribution in [2.75, 3.05) is 24.2 Å². The van der Waals surface area contributed by atoms with Gasteiger partial charge in [0.2, 0.25) is 11.8 Å². The van der Waals surface area contributed by atoms with Crippen molar-refractivity contribution in [2.45, 2.75) is 29.9 Å². The molecule has 0 saturated heterocycles. The van der Waals surface area contributed by atoms with E-state index in [1.807, 2.05) is 19.9 Å². The van der Waals surface area contributed by atoms with Gasteiger partial charge in [0.25, 0.3) is 0 Å². The fourth-order valence-electron chi connectivity index (χ4n) is 2.12. The van der Waals surface area contributed by atoms with Gasteiger partial charge in [0.1, 0.15) is 6.54 Å². The van der Waals surface area contributed by atoms with E-state index in [2.05, 4.69) is 5.32 Å². The van der Waals surface area contributed by atoms with Gasteiger partial charge in [-0.3, -0.25) is 9.59 Å². The van der Waals surface area contributed by atoms with E-state index >= 15 is 0 Å². The summed E-state index contributed by atoms with van der Waals surface area (Å²) in [4.78, 5) is 26.8. The first-order valence-electron chi connectivity index (χ1n) is 6.52. The van der Waals surface area contributed by atoms with Crippen molar-refractivity contribution in [3.05, 3.63) is 18.2 Å². The molecule has 0 bridgehead atoms. The molecule has 1 heterocycles. The van der Waals surface area contributed by atoms with Crippen LogP contribution in [0.2, 0.25) is 0 Å². The van der Waals surface area contributed by atoms with Crippen molar-refractivity contribution < 1.29 is 9.59 Å². The van der Waals surface area contributed by atoms with Gasteiger partial charge in [-0.25, -0.2) is 0 Å². The van der Waals surface area contributed by atoms with Crippen LogP contribution < -0.4 is 16.0 Å². The number of carbonyl (C=O) groups is 2. The first-order valence-corrected chi connectivity index (χ1v) is 7.34. The molecule has 6 heteroatoms. The molecule has 1 aliphatic rings. The number of amides is 2. The standard InChI is InChI=1S/C14H19N3O2S/c1-4-14(2)13(19)17(8-12(18)16-3)10-6-5-9(15)7-11(10)20-14/h5-7H,4,8,15H2,1-3H3,(H,16,18). The number of rotatable bonds is 3. The molecule has 2 rings (SSSR count). The summed E-state index contributed by atoms with van der Waals surface area (Å²) in [6.07, 6.45) is 0.689. The van der Waals surface area contributed by atoms with Crippen molar-refractivity contribution in [1.82, 2.24) is 5.32 Å². The Hall–Kier alpha value is -1.69. The number of fused-ring (bicyclic) bond motifs is 1. The first kappa shape index (κ1) is 14.7. The minimum Gasteiger partial charge on any atom is -0.399 e. The summed E-state index contributed by atoms with van der Waals surface area (Å²) in [5, 5.41) is 2.56. The molecule has 0 aliphatic carbocycles. The van der Waals surface area contributed by atoms with Crippen molar-refractivity contribution in [3.63, 3.8) is 0 Å². The predicted molar refractivity (Wildman–Crippen MR) is 81.8 cm³/mol. The quantitative estimate of drug-likeness (QED) is 0.830. The van der Waals surface area contributed by atoms with Crippen LogP contribution in [0.3, 0.4) is 0 Å².